The van der Waals surface area contributed by atoms with Crippen LogP contribution in [0.2, 0.25) is 0 Å². The van der Waals surface area contributed by atoms with Gasteiger partial charge in [0, 0.05) is 11.5 Å². The number of ketones is 1. The smallest absolute Gasteiger partial charge is 0.149 e. The van der Waals surface area contributed by atoms with Crippen LogP contribution >= 0.6 is 0 Å². The minimum absolute atomic E-state index is 0.0559. The molecule has 0 spiro atoms. The number of carbonyl (C=O) groups is 1. The summed E-state index contributed by atoms with van der Waals surface area (Å²) in [5.74, 6) is 0.758. The first-order valence-electron chi connectivity index (χ1n) is 6.27. The Labute approximate surface area is 93.8 Å². The Kier molecular flexibility index (Phi) is 4.78. The molecule has 0 aromatic rings. The molecule has 0 bridgehead atoms. The van der Waals surface area contributed by atoms with Gasteiger partial charge in [-0.25, -0.2) is 0 Å². The Balaban J connectivity index is 2.32. The van der Waals surface area contributed by atoms with Crippen LogP contribution < -0.4 is 5.32 Å². The lowest BCUT2D eigenvalue weighted by Gasteiger charge is -2.22. The molecular weight excluding hydrogens is 186 g/mol. The predicted octanol–water partition coefficient (Wildman–Crippen LogP) is 2.91. The van der Waals surface area contributed by atoms with Crippen molar-refractivity contribution >= 4 is 5.78 Å². The first-order valence-corrected chi connectivity index (χ1v) is 6.27. The van der Waals surface area contributed by atoms with Crippen LogP contribution in [0.25, 0.3) is 0 Å². The summed E-state index contributed by atoms with van der Waals surface area (Å²) in [6.07, 6.45) is 7.35. The minimum atomic E-state index is 0.0559. The highest BCUT2D eigenvalue weighted by Crippen LogP contribution is 2.23. The molecule has 1 N–H and O–H groups in total. The molecule has 0 amide bonds. The molecule has 0 saturated heterocycles. The Bertz CT molecular complexity index is 197. The Morgan fingerprint density at radius 1 is 1.13 bits per heavy atom. The summed E-state index contributed by atoms with van der Waals surface area (Å²) in [5.41, 5.74) is 0.0559. The maximum Gasteiger partial charge on any atom is 0.149 e. The van der Waals surface area contributed by atoms with E-state index >= 15 is 0 Å². The molecule has 0 aromatic carbocycles. The van der Waals surface area contributed by atoms with Crippen LogP contribution in [-0.2, 0) is 4.79 Å². The van der Waals surface area contributed by atoms with Gasteiger partial charge in [0.25, 0.3) is 0 Å². The van der Waals surface area contributed by atoms with Crippen LogP contribution in [0.5, 0.6) is 0 Å². The Hall–Kier alpha value is -0.370. The average Bonchev–Trinajstić information content (AvgIpc) is 2.41. The van der Waals surface area contributed by atoms with E-state index in [1.54, 1.807) is 0 Å². The van der Waals surface area contributed by atoms with Gasteiger partial charge in [-0.3, -0.25) is 4.79 Å². The van der Waals surface area contributed by atoms with E-state index in [-0.39, 0.29) is 5.54 Å². The molecule has 15 heavy (non-hydrogen) atoms. The van der Waals surface area contributed by atoms with Gasteiger partial charge in [0.1, 0.15) is 5.78 Å². The lowest BCUT2D eigenvalue weighted by molar-refractivity contribution is -0.122. The molecule has 1 fully saturated rings. The highest BCUT2D eigenvalue weighted by Gasteiger charge is 2.21. The second-order valence-electron chi connectivity index (χ2n) is 5.76. The molecule has 1 aliphatic rings. The van der Waals surface area contributed by atoms with E-state index in [1.165, 1.54) is 25.7 Å². The van der Waals surface area contributed by atoms with Gasteiger partial charge in [0.15, 0.2) is 0 Å². The molecule has 2 nitrogen and oxygen atoms in total. The molecule has 0 atom stereocenters. The van der Waals surface area contributed by atoms with Gasteiger partial charge < -0.3 is 5.32 Å². The van der Waals surface area contributed by atoms with Crippen LogP contribution in [0.1, 0.15) is 59.3 Å². The first kappa shape index (κ1) is 12.7. The molecule has 0 radical (unpaired) electrons. The normalized spacial score (nSPS) is 19.9. The molecule has 0 aliphatic heterocycles. The maximum absolute atomic E-state index is 11.9. The quantitative estimate of drug-likeness (QED) is 0.727. The molecule has 0 unspecified atom stereocenters. The van der Waals surface area contributed by atoms with Crippen LogP contribution in [-0.4, -0.2) is 17.9 Å². The third-order valence-electron chi connectivity index (χ3n) is 3.10. The molecule has 0 heterocycles. The molecule has 2 heteroatoms. The summed E-state index contributed by atoms with van der Waals surface area (Å²) >= 11 is 0. The third-order valence-corrected chi connectivity index (χ3v) is 3.10. The molecule has 1 aliphatic carbocycles. The van der Waals surface area contributed by atoms with Crippen LogP contribution in [0.3, 0.4) is 0 Å². The van der Waals surface area contributed by atoms with Crippen LogP contribution in [0.15, 0.2) is 0 Å². The standard InChI is InChI=1S/C13H25NO/c1-13(2,3)14-10-12(15)11-8-6-4-5-7-9-11/h11,14H,4-10H2,1-3H3. The number of hydrogen-bond donors (Lipinski definition) is 1. The van der Waals surface area contributed by atoms with E-state index in [2.05, 4.69) is 26.1 Å². The second kappa shape index (κ2) is 5.64. The zero-order valence-corrected chi connectivity index (χ0v) is 10.4. The molecular formula is C13H25NO. The number of nitrogens with one attached hydrogen (secondary N) is 1. The summed E-state index contributed by atoms with van der Waals surface area (Å²) in [6.45, 7) is 6.86. The highest BCUT2D eigenvalue weighted by molar-refractivity contribution is 5.83. The van der Waals surface area contributed by atoms with Crippen molar-refractivity contribution in [1.29, 1.82) is 0 Å². The topological polar surface area (TPSA) is 29.1 Å². The summed E-state index contributed by atoms with van der Waals surface area (Å²) < 4.78 is 0. The summed E-state index contributed by atoms with van der Waals surface area (Å²) in [6, 6.07) is 0. The Morgan fingerprint density at radius 3 is 2.13 bits per heavy atom. The zero-order chi connectivity index (χ0) is 11.3. The first-order chi connectivity index (χ1) is 6.99. The van der Waals surface area contributed by atoms with Crippen molar-refractivity contribution in [1.82, 2.24) is 5.32 Å². The molecule has 1 rings (SSSR count). The third kappa shape index (κ3) is 5.31. The number of hydrogen-bond acceptors (Lipinski definition) is 2. The lowest BCUT2D eigenvalue weighted by Crippen LogP contribution is -2.41. The molecule has 88 valence electrons. The van der Waals surface area contributed by atoms with Crippen LogP contribution in [0, 0.1) is 5.92 Å². The van der Waals surface area contributed by atoms with E-state index in [0.29, 0.717) is 18.2 Å². The van der Waals surface area contributed by atoms with Gasteiger partial charge in [0.05, 0.1) is 6.54 Å². The van der Waals surface area contributed by atoms with Crippen molar-refractivity contribution in [2.75, 3.05) is 6.54 Å². The number of rotatable bonds is 3. The maximum atomic E-state index is 11.9. The van der Waals surface area contributed by atoms with Gasteiger partial charge >= 0.3 is 0 Å². The summed E-state index contributed by atoms with van der Waals surface area (Å²) in [7, 11) is 0. The van der Waals surface area contributed by atoms with E-state index in [0.717, 1.165) is 12.8 Å². The highest BCUT2D eigenvalue weighted by atomic mass is 16.1. The van der Waals surface area contributed by atoms with E-state index in [9.17, 15) is 4.79 Å². The average molecular weight is 211 g/mol. The number of carbonyl (C=O) groups excluding carboxylic acids is 1. The molecule has 1 saturated carbocycles. The van der Waals surface area contributed by atoms with Crippen molar-refractivity contribution < 1.29 is 4.79 Å². The van der Waals surface area contributed by atoms with Crippen molar-refractivity contribution in [3.63, 3.8) is 0 Å². The van der Waals surface area contributed by atoms with Gasteiger partial charge in [0.2, 0.25) is 0 Å². The van der Waals surface area contributed by atoms with Gasteiger partial charge in [-0.15, -0.1) is 0 Å². The van der Waals surface area contributed by atoms with Gasteiger partial charge in [-0.1, -0.05) is 25.7 Å². The second-order valence-corrected chi connectivity index (χ2v) is 5.76. The lowest BCUT2D eigenvalue weighted by atomic mass is 9.95. The summed E-state index contributed by atoms with van der Waals surface area (Å²) in [5, 5.41) is 3.29. The van der Waals surface area contributed by atoms with Crippen molar-refractivity contribution in [3.8, 4) is 0 Å². The summed E-state index contributed by atoms with van der Waals surface area (Å²) in [4.78, 5) is 11.9. The van der Waals surface area contributed by atoms with E-state index in [4.69, 9.17) is 0 Å². The predicted molar refractivity (Wildman–Crippen MR) is 64.0 cm³/mol. The monoisotopic (exact) mass is 211 g/mol. The largest absolute Gasteiger partial charge is 0.305 e. The fourth-order valence-electron chi connectivity index (χ4n) is 2.10. The van der Waals surface area contributed by atoms with Crippen molar-refractivity contribution in [2.24, 2.45) is 5.92 Å². The van der Waals surface area contributed by atoms with Crippen molar-refractivity contribution in [3.05, 3.63) is 0 Å². The van der Waals surface area contributed by atoms with E-state index in [1.807, 2.05) is 0 Å². The van der Waals surface area contributed by atoms with Crippen LogP contribution in [0.4, 0.5) is 0 Å². The fourth-order valence-corrected chi connectivity index (χ4v) is 2.10. The SMILES string of the molecule is CC(C)(C)NCC(=O)C1CCCCCC1. The zero-order valence-electron chi connectivity index (χ0n) is 10.4. The number of Topliss-reactive ketones (excluding diaryl/α,β-unsaturated/α-hetero) is 1. The van der Waals surface area contributed by atoms with Crippen molar-refractivity contribution in [2.45, 2.75) is 64.8 Å². The van der Waals surface area contributed by atoms with Gasteiger partial charge in [-0.05, 0) is 33.6 Å². The van der Waals surface area contributed by atoms with Gasteiger partial charge in [-0.2, -0.15) is 0 Å². The fraction of sp³-hybridized carbons (Fsp3) is 0.923. The minimum Gasteiger partial charge on any atom is -0.305 e. The molecule has 0 aromatic heterocycles. The Morgan fingerprint density at radius 2 is 1.67 bits per heavy atom. The van der Waals surface area contributed by atoms with E-state index < -0.39 is 0 Å².